The molecule has 0 aromatic heterocycles. The van der Waals surface area contributed by atoms with Crippen molar-refractivity contribution in [2.45, 2.75) is 12.5 Å². The van der Waals surface area contributed by atoms with Gasteiger partial charge in [-0.25, -0.2) is 0 Å². The Morgan fingerprint density at radius 2 is 2.08 bits per heavy atom. The Bertz CT molecular complexity index is 144. The molecule has 0 radical (unpaired) electrons. The Balaban J connectivity index is 3.11. The highest BCUT2D eigenvalue weighted by Gasteiger charge is 2.02. The molecule has 0 bridgehead atoms. The molecule has 0 aliphatic heterocycles. The minimum absolute atomic E-state index is 0.235. The molecule has 0 amide bonds. The van der Waals surface area contributed by atoms with Crippen LogP contribution in [0.4, 0.5) is 0 Å². The van der Waals surface area contributed by atoms with Crippen molar-refractivity contribution in [2.24, 2.45) is 0 Å². The molecule has 0 saturated heterocycles. The van der Waals surface area contributed by atoms with Crippen LogP contribution in [0.5, 0.6) is 0 Å². The third-order valence-corrected chi connectivity index (χ3v) is 1.79. The number of aliphatic hydroxyl groups is 1. The van der Waals surface area contributed by atoms with E-state index in [9.17, 15) is 5.11 Å². The Morgan fingerprint density at radius 3 is 2.69 bits per heavy atom. The van der Waals surface area contributed by atoms with Gasteiger partial charge in [-0.3, -0.25) is 0 Å². The Kier molecular flexibility index (Phi) is 9.94. The van der Waals surface area contributed by atoms with Crippen LogP contribution in [0, 0.1) is 12.3 Å². The van der Waals surface area contributed by atoms with Crippen molar-refractivity contribution < 1.29 is 14.6 Å². The van der Waals surface area contributed by atoms with Crippen LogP contribution in [-0.2, 0) is 9.47 Å². The largest absolute Gasteiger partial charge is 0.388 e. The van der Waals surface area contributed by atoms with Gasteiger partial charge >= 0.3 is 0 Å². The topological polar surface area (TPSA) is 38.7 Å². The second kappa shape index (κ2) is 10.0. The van der Waals surface area contributed by atoms with Crippen LogP contribution >= 0.6 is 15.9 Å². The molecular formula is C9H15BrO3. The molecular weight excluding hydrogens is 236 g/mol. The summed E-state index contributed by atoms with van der Waals surface area (Å²) in [6, 6.07) is 0. The summed E-state index contributed by atoms with van der Waals surface area (Å²) < 4.78 is 10.1. The average molecular weight is 251 g/mol. The number of ether oxygens (including phenoxy) is 2. The predicted molar refractivity (Wildman–Crippen MR) is 54.9 cm³/mol. The predicted octanol–water partition coefficient (Wildman–Crippen LogP) is 0.799. The lowest BCUT2D eigenvalue weighted by molar-refractivity contribution is -0.0116. The molecule has 1 atom stereocenters. The van der Waals surface area contributed by atoms with Crippen molar-refractivity contribution in [2.75, 3.05) is 31.8 Å². The molecule has 0 heterocycles. The van der Waals surface area contributed by atoms with Gasteiger partial charge in [-0.2, -0.15) is 0 Å². The van der Waals surface area contributed by atoms with Gasteiger partial charge in [0.15, 0.2) is 0 Å². The van der Waals surface area contributed by atoms with E-state index in [-0.39, 0.29) is 13.2 Å². The van der Waals surface area contributed by atoms with E-state index < -0.39 is 6.10 Å². The maximum atomic E-state index is 9.24. The van der Waals surface area contributed by atoms with Crippen LogP contribution in [0.3, 0.4) is 0 Å². The number of alkyl halides is 1. The fourth-order valence-corrected chi connectivity index (χ4v) is 0.907. The number of aliphatic hydroxyl groups excluding tert-OH is 1. The average Bonchev–Trinajstić information content (AvgIpc) is 2.13. The van der Waals surface area contributed by atoms with E-state index in [4.69, 9.17) is 15.9 Å². The molecule has 0 saturated carbocycles. The summed E-state index contributed by atoms with van der Waals surface area (Å²) in [6.45, 7) is 1.42. The molecule has 0 aromatic rings. The molecule has 1 N–H and O–H groups in total. The third-order valence-electron chi connectivity index (χ3n) is 1.23. The zero-order valence-electron chi connectivity index (χ0n) is 7.54. The van der Waals surface area contributed by atoms with Crippen LogP contribution in [0.2, 0.25) is 0 Å². The van der Waals surface area contributed by atoms with E-state index in [1.54, 1.807) is 0 Å². The maximum Gasteiger partial charge on any atom is 0.107 e. The van der Waals surface area contributed by atoms with E-state index in [1.807, 2.05) is 0 Å². The number of hydrogen-bond donors (Lipinski definition) is 1. The second-order valence-electron chi connectivity index (χ2n) is 2.49. The molecule has 0 fully saturated rings. The maximum absolute atomic E-state index is 9.24. The van der Waals surface area contributed by atoms with Gasteiger partial charge in [0.1, 0.15) is 12.7 Å². The lowest BCUT2D eigenvalue weighted by atomic mass is 10.4. The van der Waals surface area contributed by atoms with Crippen LogP contribution < -0.4 is 0 Å². The van der Waals surface area contributed by atoms with Crippen molar-refractivity contribution in [3.05, 3.63) is 0 Å². The molecule has 3 nitrogen and oxygen atoms in total. The van der Waals surface area contributed by atoms with Gasteiger partial charge in [-0.05, 0) is 6.42 Å². The van der Waals surface area contributed by atoms with Gasteiger partial charge < -0.3 is 14.6 Å². The van der Waals surface area contributed by atoms with E-state index >= 15 is 0 Å². The zero-order chi connectivity index (χ0) is 9.94. The summed E-state index contributed by atoms with van der Waals surface area (Å²) in [5.74, 6) is 2.32. The molecule has 13 heavy (non-hydrogen) atoms. The van der Waals surface area contributed by atoms with E-state index in [1.165, 1.54) is 0 Å². The highest BCUT2D eigenvalue weighted by Crippen LogP contribution is 1.91. The van der Waals surface area contributed by atoms with E-state index in [2.05, 4.69) is 21.9 Å². The number of hydrogen-bond acceptors (Lipinski definition) is 3. The first-order valence-electron chi connectivity index (χ1n) is 4.14. The van der Waals surface area contributed by atoms with Crippen molar-refractivity contribution in [1.82, 2.24) is 0 Å². The van der Waals surface area contributed by atoms with Crippen LogP contribution in [-0.4, -0.2) is 43.0 Å². The van der Waals surface area contributed by atoms with Crippen molar-refractivity contribution in [3.63, 3.8) is 0 Å². The second-order valence-corrected chi connectivity index (χ2v) is 3.28. The van der Waals surface area contributed by atoms with Gasteiger partial charge in [-0.15, -0.1) is 6.42 Å². The lowest BCUT2D eigenvalue weighted by Gasteiger charge is -2.09. The molecule has 76 valence electrons. The first kappa shape index (κ1) is 12.9. The molecule has 0 aliphatic carbocycles. The molecule has 0 aromatic carbocycles. The third kappa shape index (κ3) is 9.84. The highest BCUT2D eigenvalue weighted by atomic mass is 79.9. The normalized spacial score (nSPS) is 12.4. The van der Waals surface area contributed by atoms with Crippen LogP contribution in [0.15, 0.2) is 0 Å². The number of terminal acetylenes is 1. The van der Waals surface area contributed by atoms with Crippen molar-refractivity contribution in [1.29, 1.82) is 0 Å². The fourth-order valence-electron chi connectivity index (χ4n) is 0.678. The standard InChI is InChI=1S/C9H15BrO3/c1-2-5-12-7-9(11)8-13-6-3-4-10/h1,9,11H,3-8H2. The monoisotopic (exact) mass is 250 g/mol. The van der Waals surface area contributed by atoms with Crippen molar-refractivity contribution >= 4 is 15.9 Å². The Morgan fingerprint density at radius 1 is 1.38 bits per heavy atom. The van der Waals surface area contributed by atoms with E-state index in [0.29, 0.717) is 13.2 Å². The molecule has 0 spiro atoms. The summed E-state index contributed by atoms with van der Waals surface area (Å²) >= 11 is 3.28. The van der Waals surface area contributed by atoms with E-state index in [0.717, 1.165) is 11.8 Å². The summed E-state index contributed by atoms with van der Waals surface area (Å²) in [6.07, 6.45) is 5.32. The lowest BCUT2D eigenvalue weighted by Crippen LogP contribution is -2.22. The van der Waals surface area contributed by atoms with Gasteiger partial charge in [0.2, 0.25) is 0 Å². The van der Waals surface area contributed by atoms with Gasteiger partial charge in [0.25, 0.3) is 0 Å². The summed E-state index contributed by atoms with van der Waals surface area (Å²) in [5.41, 5.74) is 0. The molecule has 1 unspecified atom stereocenters. The SMILES string of the molecule is C#CCOCC(O)COCCCBr. The highest BCUT2D eigenvalue weighted by molar-refractivity contribution is 9.09. The minimum atomic E-state index is -0.580. The van der Waals surface area contributed by atoms with Gasteiger partial charge in [-0.1, -0.05) is 21.9 Å². The van der Waals surface area contributed by atoms with Crippen LogP contribution in [0.25, 0.3) is 0 Å². The number of halogens is 1. The van der Waals surface area contributed by atoms with Gasteiger partial charge in [0, 0.05) is 11.9 Å². The molecule has 4 heteroatoms. The fraction of sp³-hybridized carbons (Fsp3) is 0.778. The van der Waals surface area contributed by atoms with Crippen LogP contribution in [0.1, 0.15) is 6.42 Å². The Hall–Kier alpha value is -0.0800. The minimum Gasteiger partial charge on any atom is -0.388 e. The first-order chi connectivity index (χ1) is 6.31. The summed E-state index contributed by atoms with van der Waals surface area (Å²) in [4.78, 5) is 0. The zero-order valence-corrected chi connectivity index (χ0v) is 9.13. The Labute approximate surface area is 87.5 Å². The van der Waals surface area contributed by atoms with Crippen molar-refractivity contribution in [3.8, 4) is 12.3 Å². The smallest absolute Gasteiger partial charge is 0.107 e. The first-order valence-corrected chi connectivity index (χ1v) is 5.26. The molecule has 0 aliphatic rings. The summed E-state index contributed by atoms with van der Waals surface area (Å²) in [7, 11) is 0. The number of rotatable bonds is 8. The molecule has 0 rings (SSSR count). The summed E-state index contributed by atoms with van der Waals surface area (Å²) in [5, 5.41) is 10.2. The van der Waals surface area contributed by atoms with Gasteiger partial charge in [0.05, 0.1) is 13.2 Å². The quantitative estimate of drug-likeness (QED) is 0.394.